The van der Waals surface area contributed by atoms with Crippen LogP contribution in [0.15, 0.2) is 42.5 Å². The van der Waals surface area contributed by atoms with Crippen molar-refractivity contribution in [3.63, 3.8) is 0 Å². The fraction of sp³-hybridized carbons (Fsp3) is 0.273. The molecule has 1 amide bonds. The van der Waals surface area contributed by atoms with E-state index < -0.39 is 17.5 Å². The molecule has 0 saturated carbocycles. The second-order valence-electron chi connectivity index (χ2n) is 7.55. The maximum absolute atomic E-state index is 14.9. The maximum atomic E-state index is 14.9. The Balaban J connectivity index is 1.87. The predicted molar refractivity (Wildman–Crippen MR) is 110 cm³/mol. The van der Waals surface area contributed by atoms with Gasteiger partial charge in [-0.1, -0.05) is 6.07 Å². The first-order valence-electron chi connectivity index (χ1n) is 9.74. The number of amides is 1. The van der Waals surface area contributed by atoms with Gasteiger partial charge in [-0.3, -0.25) is 10.0 Å². The summed E-state index contributed by atoms with van der Waals surface area (Å²) >= 11 is 0. The Kier molecular flexibility index (Phi) is 5.61. The summed E-state index contributed by atoms with van der Waals surface area (Å²) in [4.78, 5) is 18.1. The number of piperidine rings is 1. The molecule has 0 radical (unpaired) electrons. The molecule has 1 atom stereocenters. The Morgan fingerprint density at radius 1 is 1.27 bits per heavy atom. The fourth-order valence-corrected chi connectivity index (χ4v) is 4.01. The lowest BCUT2D eigenvalue weighted by Crippen LogP contribution is -2.33. The fourth-order valence-electron chi connectivity index (χ4n) is 4.01. The number of likely N-dealkylation sites (tertiary alicyclic amines) is 1. The van der Waals surface area contributed by atoms with Crippen LogP contribution in [0.3, 0.4) is 0 Å². The number of rotatable bonds is 4. The van der Waals surface area contributed by atoms with Gasteiger partial charge in [-0.05, 0) is 62.3 Å². The summed E-state index contributed by atoms with van der Waals surface area (Å²) in [5.41, 5.74) is 3.58. The molecule has 30 heavy (non-hydrogen) atoms. The molecule has 0 spiro atoms. The van der Waals surface area contributed by atoms with Gasteiger partial charge >= 0.3 is 0 Å². The van der Waals surface area contributed by atoms with E-state index in [9.17, 15) is 13.6 Å². The van der Waals surface area contributed by atoms with E-state index in [4.69, 9.17) is 5.21 Å². The molecule has 0 bridgehead atoms. The molecular formula is C22H22F2N4O2. The van der Waals surface area contributed by atoms with E-state index in [0.29, 0.717) is 16.9 Å². The van der Waals surface area contributed by atoms with Crippen molar-refractivity contribution in [3.8, 4) is 11.4 Å². The van der Waals surface area contributed by atoms with Crippen molar-refractivity contribution in [2.75, 3.05) is 20.1 Å². The molecule has 2 N–H and O–H groups in total. The number of hydrogen-bond acceptors (Lipinski definition) is 4. The van der Waals surface area contributed by atoms with Crippen molar-refractivity contribution in [3.05, 3.63) is 59.7 Å². The Labute approximate surface area is 172 Å². The molecule has 8 heteroatoms. The first-order chi connectivity index (χ1) is 14.5. The highest BCUT2D eigenvalue weighted by Crippen LogP contribution is 2.34. The number of likely N-dealkylation sites (N-methyl/N-ethyl adjacent to an activating group) is 1. The van der Waals surface area contributed by atoms with Gasteiger partial charge in [-0.25, -0.2) is 19.2 Å². The van der Waals surface area contributed by atoms with Gasteiger partial charge in [0.2, 0.25) is 0 Å². The Morgan fingerprint density at radius 2 is 2.10 bits per heavy atom. The van der Waals surface area contributed by atoms with Crippen molar-refractivity contribution >= 4 is 23.0 Å². The second kappa shape index (κ2) is 8.33. The monoisotopic (exact) mass is 412 g/mol. The van der Waals surface area contributed by atoms with Crippen LogP contribution in [-0.4, -0.2) is 45.7 Å². The van der Waals surface area contributed by atoms with E-state index in [0.717, 1.165) is 37.5 Å². The quantitative estimate of drug-likeness (QED) is 0.389. The number of halogens is 2. The van der Waals surface area contributed by atoms with Crippen LogP contribution in [0.5, 0.6) is 0 Å². The van der Waals surface area contributed by atoms with Gasteiger partial charge < -0.3 is 9.47 Å². The number of fused-ring (bicyclic) bond motifs is 1. The lowest BCUT2D eigenvalue weighted by molar-refractivity contribution is -0.124. The van der Waals surface area contributed by atoms with Crippen LogP contribution in [0.4, 0.5) is 8.78 Å². The van der Waals surface area contributed by atoms with Crippen LogP contribution in [0, 0.1) is 11.6 Å². The van der Waals surface area contributed by atoms with E-state index in [2.05, 4.69) is 9.88 Å². The van der Waals surface area contributed by atoms with Crippen molar-refractivity contribution < 1.29 is 18.8 Å². The van der Waals surface area contributed by atoms with Crippen LogP contribution in [0.2, 0.25) is 0 Å². The second-order valence-corrected chi connectivity index (χ2v) is 7.55. The van der Waals surface area contributed by atoms with Gasteiger partial charge in [0, 0.05) is 24.7 Å². The molecule has 3 aromatic rings. The Hall–Kier alpha value is -3.10. The zero-order valence-electron chi connectivity index (χ0n) is 16.5. The van der Waals surface area contributed by atoms with E-state index in [-0.39, 0.29) is 11.6 Å². The third-order valence-electron chi connectivity index (χ3n) is 5.38. The average Bonchev–Trinajstić information content (AvgIpc) is 3.11. The first-order valence-corrected chi connectivity index (χ1v) is 9.74. The standard InChI is InChI=1S/C22H22F2N4O2/c1-27-10-2-3-16(13-27)28-20-8-6-15(23)12-19(20)25-22(28)17-11-14(4-7-18(17)24)5-9-21(29)26-30/h4-9,11-12,16,30H,2-3,10,13H2,1H3,(H,26,29)/b9-5+. The molecule has 0 aliphatic carbocycles. The van der Waals surface area contributed by atoms with Gasteiger partial charge in [0.25, 0.3) is 5.91 Å². The SMILES string of the molecule is CN1CCCC(n2c(-c3cc(/C=C/C(=O)NO)ccc3F)nc3cc(F)ccc32)C1. The Bertz CT molecular complexity index is 1130. The lowest BCUT2D eigenvalue weighted by Gasteiger charge is -2.32. The van der Waals surface area contributed by atoms with Gasteiger partial charge in [-0.2, -0.15) is 0 Å². The molecule has 1 unspecified atom stereocenters. The third-order valence-corrected chi connectivity index (χ3v) is 5.38. The van der Waals surface area contributed by atoms with E-state index >= 15 is 0 Å². The number of benzene rings is 2. The summed E-state index contributed by atoms with van der Waals surface area (Å²) < 4.78 is 30.7. The summed E-state index contributed by atoms with van der Waals surface area (Å²) in [7, 11) is 2.04. The van der Waals surface area contributed by atoms with Crippen LogP contribution < -0.4 is 5.48 Å². The van der Waals surface area contributed by atoms with Crippen LogP contribution in [-0.2, 0) is 4.79 Å². The van der Waals surface area contributed by atoms with Gasteiger partial charge in [-0.15, -0.1) is 0 Å². The van der Waals surface area contributed by atoms with Crippen LogP contribution in [0.1, 0.15) is 24.4 Å². The van der Waals surface area contributed by atoms with E-state index in [1.165, 1.54) is 35.8 Å². The van der Waals surface area contributed by atoms with Crippen molar-refractivity contribution in [2.24, 2.45) is 0 Å². The zero-order chi connectivity index (χ0) is 21.3. The average molecular weight is 412 g/mol. The predicted octanol–water partition coefficient (Wildman–Crippen LogP) is 3.77. The van der Waals surface area contributed by atoms with E-state index in [1.54, 1.807) is 12.1 Å². The molecule has 2 heterocycles. The molecule has 6 nitrogen and oxygen atoms in total. The van der Waals surface area contributed by atoms with Crippen LogP contribution >= 0.6 is 0 Å². The molecule has 2 aromatic carbocycles. The van der Waals surface area contributed by atoms with Gasteiger partial charge in [0.1, 0.15) is 17.5 Å². The third kappa shape index (κ3) is 3.96. The van der Waals surface area contributed by atoms with Gasteiger partial charge in [0.05, 0.1) is 16.6 Å². The van der Waals surface area contributed by atoms with Crippen molar-refractivity contribution in [2.45, 2.75) is 18.9 Å². The highest BCUT2D eigenvalue weighted by molar-refractivity contribution is 5.91. The Morgan fingerprint density at radius 3 is 2.87 bits per heavy atom. The number of aromatic nitrogens is 2. The first kappa shape index (κ1) is 20.2. The summed E-state index contributed by atoms with van der Waals surface area (Å²) in [6.45, 7) is 1.78. The van der Waals surface area contributed by atoms with Gasteiger partial charge in [0.15, 0.2) is 0 Å². The number of imidazole rings is 1. The number of hydroxylamine groups is 1. The number of nitrogens with zero attached hydrogens (tertiary/aromatic N) is 3. The summed E-state index contributed by atoms with van der Waals surface area (Å²) in [5, 5.41) is 8.64. The molecule has 1 aromatic heterocycles. The summed E-state index contributed by atoms with van der Waals surface area (Å²) in [5.74, 6) is -1.12. The maximum Gasteiger partial charge on any atom is 0.267 e. The summed E-state index contributed by atoms with van der Waals surface area (Å²) in [6, 6.07) is 8.94. The molecule has 1 aliphatic rings. The van der Waals surface area contributed by atoms with Crippen molar-refractivity contribution in [1.82, 2.24) is 19.9 Å². The zero-order valence-corrected chi connectivity index (χ0v) is 16.5. The topological polar surface area (TPSA) is 70.4 Å². The minimum Gasteiger partial charge on any atom is -0.319 e. The normalized spacial score (nSPS) is 17.7. The molecule has 1 saturated heterocycles. The number of carbonyl (C=O) groups excluding carboxylic acids is 1. The minimum atomic E-state index is -0.686. The summed E-state index contributed by atoms with van der Waals surface area (Å²) in [6.07, 6.45) is 4.53. The highest BCUT2D eigenvalue weighted by atomic mass is 19.1. The minimum absolute atomic E-state index is 0.0768. The number of hydrogen-bond donors (Lipinski definition) is 2. The largest absolute Gasteiger partial charge is 0.319 e. The molecule has 4 rings (SSSR count). The molecule has 1 aliphatic heterocycles. The van der Waals surface area contributed by atoms with Crippen LogP contribution in [0.25, 0.3) is 28.5 Å². The molecule has 1 fully saturated rings. The molecule has 156 valence electrons. The van der Waals surface area contributed by atoms with Crippen molar-refractivity contribution in [1.29, 1.82) is 0 Å². The highest BCUT2D eigenvalue weighted by Gasteiger charge is 2.25. The van der Waals surface area contributed by atoms with E-state index in [1.807, 2.05) is 11.6 Å². The lowest BCUT2D eigenvalue weighted by atomic mass is 10.0. The smallest absolute Gasteiger partial charge is 0.267 e. The molecular weight excluding hydrogens is 390 g/mol. The number of carbonyl (C=O) groups is 1. The number of nitrogens with one attached hydrogen (secondary N) is 1.